The van der Waals surface area contributed by atoms with Crippen LogP contribution in [-0.4, -0.2) is 55.1 Å². The Morgan fingerprint density at radius 2 is 0.971 bits per heavy atom. The average molecular weight is 482 g/mol. The van der Waals surface area contributed by atoms with Crippen LogP contribution in [0.15, 0.2) is 24.3 Å². The van der Waals surface area contributed by atoms with E-state index in [-0.39, 0.29) is 0 Å². The quantitative estimate of drug-likeness (QED) is 0.264. The smallest absolute Gasteiger partial charge is 0.340 e. The molecule has 0 unspecified atom stereocenters. The highest BCUT2D eigenvalue weighted by molar-refractivity contribution is 5.94. The molecule has 178 valence electrons. The minimum absolute atomic E-state index is 0.451. The normalized spacial score (nSPS) is 10.2. The highest BCUT2D eigenvalue weighted by atomic mass is 16.6. The topological polar surface area (TPSA) is 266 Å². The van der Waals surface area contributed by atoms with Crippen molar-refractivity contribution in [2.45, 2.75) is 0 Å². The van der Waals surface area contributed by atoms with Crippen LogP contribution in [0.5, 0.6) is 11.5 Å². The van der Waals surface area contributed by atoms with Crippen molar-refractivity contribution in [3.8, 4) is 11.5 Å². The molecule has 0 spiro atoms. The van der Waals surface area contributed by atoms with Crippen LogP contribution in [0.25, 0.3) is 0 Å². The molecular formula is C16H10N4O14. The minimum Gasteiger partial charge on any atom is -0.483 e. The van der Waals surface area contributed by atoms with Gasteiger partial charge in [0, 0.05) is 12.1 Å². The van der Waals surface area contributed by atoms with Crippen molar-refractivity contribution in [1.82, 2.24) is 0 Å². The maximum Gasteiger partial charge on any atom is 0.340 e. The molecule has 18 nitrogen and oxygen atoms in total. The van der Waals surface area contributed by atoms with Gasteiger partial charge in [-0.1, -0.05) is 0 Å². The van der Waals surface area contributed by atoms with Crippen molar-refractivity contribution in [2.24, 2.45) is 0 Å². The molecule has 34 heavy (non-hydrogen) atoms. The molecule has 0 fully saturated rings. The Morgan fingerprint density at radius 3 is 1.21 bits per heavy atom. The third-order valence-corrected chi connectivity index (χ3v) is 3.96. The zero-order valence-electron chi connectivity index (χ0n) is 16.3. The lowest BCUT2D eigenvalue weighted by Crippen LogP contribution is -2.15. The summed E-state index contributed by atoms with van der Waals surface area (Å²) in [5.74, 6) is -5.38. The van der Waals surface area contributed by atoms with Crippen molar-refractivity contribution in [2.75, 3.05) is 13.2 Å². The molecule has 0 saturated heterocycles. The standard InChI is InChI=1S/C16H10N4O14/c21-15(22)9-3-7(17(25)26)5-11(19(29)30)13(9)33-1-2-34-14-10(16(23)24)4-8(18(27)28)6-12(14)20(31)32/h3-6H,1-2H2,(H,21,22)(H,23,24). The zero-order valence-corrected chi connectivity index (χ0v) is 16.3. The number of hydrogen-bond acceptors (Lipinski definition) is 12. The number of ether oxygens (including phenoxy) is 2. The lowest BCUT2D eigenvalue weighted by Gasteiger charge is -2.12. The number of aromatic carboxylic acids is 2. The molecule has 2 rings (SSSR count). The molecule has 0 aliphatic heterocycles. The second kappa shape index (κ2) is 9.80. The van der Waals surface area contributed by atoms with E-state index in [0.29, 0.717) is 24.3 Å². The molecule has 0 aliphatic rings. The first kappa shape index (κ1) is 24.8. The summed E-state index contributed by atoms with van der Waals surface area (Å²) in [6.45, 7) is -1.49. The zero-order chi connectivity index (χ0) is 25.7. The maximum absolute atomic E-state index is 11.4. The molecule has 0 atom stereocenters. The fraction of sp³-hybridized carbons (Fsp3) is 0.125. The SMILES string of the molecule is O=C(O)c1cc([N+](=O)[O-])cc([N+](=O)[O-])c1OCCOc1c(C(=O)O)cc([N+](=O)[O-])cc1[N+](=O)[O-]. The number of nitrogens with zero attached hydrogens (tertiary/aromatic N) is 4. The highest BCUT2D eigenvalue weighted by Gasteiger charge is 2.30. The highest BCUT2D eigenvalue weighted by Crippen LogP contribution is 2.37. The van der Waals surface area contributed by atoms with Gasteiger partial charge in [0.15, 0.2) is 0 Å². The monoisotopic (exact) mass is 482 g/mol. The number of nitro groups is 4. The molecule has 0 bridgehead atoms. The van der Waals surface area contributed by atoms with Crippen LogP contribution in [0.1, 0.15) is 20.7 Å². The summed E-state index contributed by atoms with van der Waals surface area (Å²) in [4.78, 5) is 62.7. The second-order valence-corrected chi connectivity index (χ2v) is 6.02. The summed E-state index contributed by atoms with van der Waals surface area (Å²) >= 11 is 0. The Morgan fingerprint density at radius 1 is 0.647 bits per heavy atom. The lowest BCUT2D eigenvalue weighted by molar-refractivity contribution is -0.395. The van der Waals surface area contributed by atoms with Gasteiger partial charge in [-0.15, -0.1) is 0 Å². The summed E-state index contributed by atoms with van der Waals surface area (Å²) in [5, 5.41) is 62.7. The molecule has 2 aromatic rings. The fourth-order valence-corrected chi connectivity index (χ4v) is 2.59. The van der Waals surface area contributed by atoms with Crippen LogP contribution >= 0.6 is 0 Å². The number of carboxylic acid groups (broad SMARTS) is 2. The first-order valence-electron chi connectivity index (χ1n) is 8.51. The van der Waals surface area contributed by atoms with Crippen molar-refractivity contribution >= 4 is 34.7 Å². The molecule has 0 aromatic heterocycles. The van der Waals surface area contributed by atoms with Crippen molar-refractivity contribution < 1.29 is 49.0 Å². The van der Waals surface area contributed by atoms with E-state index in [1.54, 1.807) is 0 Å². The van der Waals surface area contributed by atoms with Gasteiger partial charge in [-0.2, -0.15) is 0 Å². The third kappa shape index (κ3) is 5.25. The first-order valence-corrected chi connectivity index (χ1v) is 8.51. The second-order valence-electron chi connectivity index (χ2n) is 6.02. The van der Waals surface area contributed by atoms with E-state index < -0.39 is 90.2 Å². The van der Waals surface area contributed by atoms with E-state index >= 15 is 0 Å². The molecule has 0 radical (unpaired) electrons. The van der Waals surface area contributed by atoms with Crippen LogP contribution in [0.3, 0.4) is 0 Å². The predicted molar refractivity (Wildman–Crippen MR) is 104 cm³/mol. The number of nitro benzene ring substituents is 4. The maximum atomic E-state index is 11.4. The van der Waals surface area contributed by atoms with E-state index in [4.69, 9.17) is 9.47 Å². The summed E-state index contributed by atoms with van der Waals surface area (Å²) < 4.78 is 10.0. The van der Waals surface area contributed by atoms with Gasteiger partial charge in [0.2, 0.25) is 11.5 Å². The van der Waals surface area contributed by atoms with Gasteiger partial charge in [0.25, 0.3) is 11.4 Å². The van der Waals surface area contributed by atoms with E-state index in [9.17, 15) is 60.3 Å². The van der Waals surface area contributed by atoms with E-state index in [1.165, 1.54) is 0 Å². The average Bonchev–Trinajstić information content (AvgIpc) is 2.75. The van der Waals surface area contributed by atoms with Crippen LogP contribution in [0.4, 0.5) is 22.7 Å². The molecule has 0 aliphatic carbocycles. The summed E-state index contributed by atoms with van der Waals surface area (Å²) in [7, 11) is 0. The minimum atomic E-state index is -1.80. The molecule has 0 amide bonds. The number of carbonyl (C=O) groups is 2. The molecule has 18 heteroatoms. The van der Waals surface area contributed by atoms with E-state index in [2.05, 4.69) is 0 Å². The third-order valence-electron chi connectivity index (χ3n) is 3.96. The Kier molecular flexibility index (Phi) is 7.16. The van der Waals surface area contributed by atoms with Gasteiger partial charge in [0.05, 0.1) is 31.8 Å². The number of hydrogen-bond donors (Lipinski definition) is 2. The van der Waals surface area contributed by atoms with Crippen LogP contribution < -0.4 is 9.47 Å². The molecular weight excluding hydrogens is 472 g/mol. The van der Waals surface area contributed by atoms with Crippen molar-refractivity contribution in [3.05, 3.63) is 75.8 Å². The summed E-state index contributed by atoms with van der Waals surface area (Å²) in [6, 6.07) is 1.92. The largest absolute Gasteiger partial charge is 0.483 e. The van der Waals surface area contributed by atoms with Crippen LogP contribution in [0, 0.1) is 40.5 Å². The Hall–Kier alpha value is -5.42. The Bertz CT molecular complexity index is 1070. The number of rotatable bonds is 11. The first-order chi connectivity index (χ1) is 15.8. The number of carboxylic acids is 2. The van der Waals surface area contributed by atoms with Crippen molar-refractivity contribution in [3.63, 3.8) is 0 Å². The Labute approximate surface area is 185 Å². The molecule has 0 heterocycles. The lowest BCUT2D eigenvalue weighted by atomic mass is 10.1. The van der Waals surface area contributed by atoms with E-state index in [0.717, 1.165) is 0 Å². The van der Waals surface area contributed by atoms with Crippen LogP contribution in [-0.2, 0) is 0 Å². The van der Waals surface area contributed by atoms with Gasteiger partial charge in [-0.05, 0) is 0 Å². The van der Waals surface area contributed by atoms with Gasteiger partial charge in [-0.25, -0.2) is 9.59 Å². The van der Waals surface area contributed by atoms with Gasteiger partial charge < -0.3 is 19.7 Å². The van der Waals surface area contributed by atoms with Gasteiger partial charge in [-0.3, -0.25) is 40.5 Å². The predicted octanol–water partition coefficient (Wildman–Crippen LogP) is 2.17. The van der Waals surface area contributed by atoms with Gasteiger partial charge in [0.1, 0.15) is 24.3 Å². The van der Waals surface area contributed by atoms with Crippen molar-refractivity contribution in [1.29, 1.82) is 0 Å². The fourth-order valence-electron chi connectivity index (χ4n) is 2.59. The Balaban J connectivity index is 2.38. The molecule has 0 saturated carbocycles. The van der Waals surface area contributed by atoms with Gasteiger partial charge >= 0.3 is 23.3 Å². The number of benzene rings is 2. The van der Waals surface area contributed by atoms with E-state index in [1.807, 2.05) is 0 Å². The molecule has 2 aromatic carbocycles. The van der Waals surface area contributed by atoms with Crippen LogP contribution in [0.2, 0.25) is 0 Å². The summed E-state index contributed by atoms with van der Waals surface area (Å²) in [5.41, 5.74) is -5.82. The number of non-ortho nitro benzene ring substituents is 2. The summed E-state index contributed by atoms with van der Waals surface area (Å²) in [6.07, 6.45) is 0. The molecule has 2 N–H and O–H groups in total.